The SMILES string of the molecule is Cc1nn(Cc2cn(C)nn2)c(C)c1CNC(C)(C)C. The van der Waals surface area contributed by atoms with Gasteiger partial charge in [-0.3, -0.25) is 9.36 Å². The maximum Gasteiger partial charge on any atom is 0.104 e. The third-order valence-corrected chi connectivity index (χ3v) is 3.29. The lowest BCUT2D eigenvalue weighted by molar-refractivity contribution is 0.423. The Bertz CT molecular complexity index is 587. The van der Waals surface area contributed by atoms with Gasteiger partial charge in [0.2, 0.25) is 0 Å². The Kier molecular flexibility index (Phi) is 3.94. The van der Waals surface area contributed by atoms with Gasteiger partial charge in [0.15, 0.2) is 0 Å². The van der Waals surface area contributed by atoms with Crippen molar-refractivity contribution in [2.75, 3.05) is 0 Å². The van der Waals surface area contributed by atoms with E-state index in [1.54, 1.807) is 4.68 Å². The first-order valence-corrected chi connectivity index (χ1v) is 6.89. The Hall–Kier alpha value is -1.69. The van der Waals surface area contributed by atoms with Crippen LogP contribution in [0.3, 0.4) is 0 Å². The van der Waals surface area contributed by atoms with Gasteiger partial charge in [0.25, 0.3) is 0 Å². The van der Waals surface area contributed by atoms with Crippen LogP contribution in [0.25, 0.3) is 0 Å². The zero-order valence-electron chi connectivity index (χ0n) is 13.2. The van der Waals surface area contributed by atoms with Crippen molar-refractivity contribution in [2.45, 2.75) is 53.2 Å². The van der Waals surface area contributed by atoms with E-state index < -0.39 is 0 Å². The second kappa shape index (κ2) is 5.36. The lowest BCUT2D eigenvalue weighted by Crippen LogP contribution is -2.35. The van der Waals surface area contributed by atoms with Crippen molar-refractivity contribution in [3.8, 4) is 0 Å². The molecule has 0 saturated heterocycles. The fraction of sp³-hybridized carbons (Fsp3) is 0.643. The molecule has 0 aliphatic rings. The molecule has 2 heterocycles. The molecule has 2 aromatic heterocycles. The average molecular weight is 276 g/mol. The van der Waals surface area contributed by atoms with E-state index in [1.165, 1.54) is 11.3 Å². The van der Waals surface area contributed by atoms with E-state index in [0.717, 1.165) is 17.9 Å². The van der Waals surface area contributed by atoms with Gasteiger partial charge in [-0.2, -0.15) is 5.10 Å². The zero-order chi connectivity index (χ0) is 14.9. The normalized spacial score (nSPS) is 12.1. The van der Waals surface area contributed by atoms with Gasteiger partial charge in [0, 0.05) is 36.6 Å². The van der Waals surface area contributed by atoms with Crippen molar-refractivity contribution in [1.82, 2.24) is 30.1 Å². The molecule has 6 nitrogen and oxygen atoms in total. The van der Waals surface area contributed by atoms with Crippen LogP contribution in [0.5, 0.6) is 0 Å². The minimum Gasteiger partial charge on any atom is -0.308 e. The smallest absolute Gasteiger partial charge is 0.104 e. The highest BCUT2D eigenvalue weighted by Gasteiger charge is 2.15. The van der Waals surface area contributed by atoms with E-state index >= 15 is 0 Å². The predicted molar refractivity (Wildman–Crippen MR) is 78.4 cm³/mol. The van der Waals surface area contributed by atoms with Gasteiger partial charge in [0.05, 0.1) is 12.2 Å². The van der Waals surface area contributed by atoms with Crippen molar-refractivity contribution < 1.29 is 0 Å². The molecule has 0 aliphatic heterocycles. The van der Waals surface area contributed by atoms with Crippen LogP contribution in [0.4, 0.5) is 0 Å². The van der Waals surface area contributed by atoms with Crippen LogP contribution in [0.2, 0.25) is 0 Å². The molecule has 0 bridgehead atoms. The molecule has 0 saturated carbocycles. The number of hydrogen-bond donors (Lipinski definition) is 1. The molecule has 1 N–H and O–H groups in total. The molecule has 20 heavy (non-hydrogen) atoms. The molecule has 0 atom stereocenters. The summed E-state index contributed by atoms with van der Waals surface area (Å²) in [6.45, 7) is 12.2. The summed E-state index contributed by atoms with van der Waals surface area (Å²) in [7, 11) is 1.87. The number of nitrogens with zero attached hydrogens (tertiary/aromatic N) is 5. The van der Waals surface area contributed by atoms with Gasteiger partial charge >= 0.3 is 0 Å². The summed E-state index contributed by atoms with van der Waals surface area (Å²) in [5.41, 5.74) is 4.55. The summed E-state index contributed by atoms with van der Waals surface area (Å²) in [4.78, 5) is 0. The quantitative estimate of drug-likeness (QED) is 0.920. The molecule has 0 unspecified atom stereocenters. The Morgan fingerprint density at radius 1 is 1.25 bits per heavy atom. The van der Waals surface area contributed by atoms with Crippen LogP contribution in [-0.4, -0.2) is 30.3 Å². The molecular formula is C14H24N6. The van der Waals surface area contributed by atoms with E-state index in [-0.39, 0.29) is 5.54 Å². The Balaban J connectivity index is 2.16. The molecule has 0 amide bonds. The van der Waals surface area contributed by atoms with Gasteiger partial charge in [-0.25, -0.2) is 0 Å². The average Bonchev–Trinajstić information content (AvgIpc) is 2.82. The number of nitrogens with one attached hydrogen (secondary N) is 1. The first-order valence-electron chi connectivity index (χ1n) is 6.89. The van der Waals surface area contributed by atoms with Crippen LogP contribution < -0.4 is 5.32 Å². The van der Waals surface area contributed by atoms with Gasteiger partial charge in [-0.05, 0) is 34.6 Å². The fourth-order valence-electron chi connectivity index (χ4n) is 2.12. The Labute approximate surface area is 120 Å². The lowest BCUT2D eigenvalue weighted by Gasteiger charge is -2.20. The summed E-state index contributed by atoms with van der Waals surface area (Å²) in [5.74, 6) is 0. The zero-order valence-corrected chi connectivity index (χ0v) is 13.2. The minimum absolute atomic E-state index is 0.103. The number of aromatic nitrogens is 5. The molecule has 0 spiro atoms. The van der Waals surface area contributed by atoms with Crippen LogP contribution in [0.1, 0.15) is 43.4 Å². The molecule has 0 aromatic carbocycles. The highest BCUT2D eigenvalue weighted by molar-refractivity contribution is 5.25. The topological polar surface area (TPSA) is 60.6 Å². The van der Waals surface area contributed by atoms with Crippen molar-refractivity contribution in [3.05, 3.63) is 28.8 Å². The largest absolute Gasteiger partial charge is 0.308 e. The van der Waals surface area contributed by atoms with Gasteiger partial charge in [-0.1, -0.05) is 5.21 Å². The molecular weight excluding hydrogens is 252 g/mol. The van der Waals surface area contributed by atoms with Crippen LogP contribution in [0.15, 0.2) is 6.20 Å². The maximum atomic E-state index is 4.62. The van der Waals surface area contributed by atoms with Crippen LogP contribution in [0, 0.1) is 13.8 Å². The highest BCUT2D eigenvalue weighted by atomic mass is 15.4. The lowest BCUT2D eigenvalue weighted by atomic mass is 10.1. The summed E-state index contributed by atoms with van der Waals surface area (Å²) in [6, 6.07) is 0. The maximum absolute atomic E-state index is 4.62. The van der Waals surface area contributed by atoms with Crippen molar-refractivity contribution in [1.29, 1.82) is 0 Å². The third-order valence-electron chi connectivity index (χ3n) is 3.29. The van der Waals surface area contributed by atoms with Gasteiger partial charge < -0.3 is 5.32 Å². The van der Waals surface area contributed by atoms with Crippen LogP contribution >= 0.6 is 0 Å². The van der Waals surface area contributed by atoms with Crippen molar-refractivity contribution >= 4 is 0 Å². The number of rotatable bonds is 4. The molecule has 110 valence electrons. The number of aryl methyl sites for hydroxylation is 2. The Morgan fingerprint density at radius 3 is 2.50 bits per heavy atom. The first-order chi connectivity index (χ1) is 9.26. The predicted octanol–water partition coefficient (Wildman–Crippen LogP) is 1.56. The monoisotopic (exact) mass is 276 g/mol. The van der Waals surface area contributed by atoms with E-state index in [9.17, 15) is 0 Å². The molecule has 6 heteroatoms. The molecule has 0 aliphatic carbocycles. The third kappa shape index (κ3) is 3.45. The highest BCUT2D eigenvalue weighted by Crippen LogP contribution is 2.15. The van der Waals surface area contributed by atoms with Crippen LogP contribution in [-0.2, 0) is 20.1 Å². The van der Waals surface area contributed by atoms with Gasteiger partial charge in [-0.15, -0.1) is 5.10 Å². The second-order valence-corrected chi connectivity index (χ2v) is 6.29. The fourth-order valence-corrected chi connectivity index (χ4v) is 2.12. The first kappa shape index (κ1) is 14.7. The summed E-state index contributed by atoms with van der Waals surface area (Å²) in [6.07, 6.45) is 1.92. The standard InChI is InChI=1S/C14H24N6/c1-10-13(7-15-14(3,4)5)11(2)20(17-10)9-12-8-19(6)18-16-12/h8,15H,7,9H2,1-6H3. The number of hydrogen-bond acceptors (Lipinski definition) is 4. The van der Waals surface area contributed by atoms with Gasteiger partial charge in [0.1, 0.15) is 5.69 Å². The minimum atomic E-state index is 0.103. The Morgan fingerprint density at radius 2 is 1.95 bits per heavy atom. The molecule has 2 aromatic rings. The van der Waals surface area contributed by atoms with Crippen molar-refractivity contribution in [2.24, 2.45) is 7.05 Å². The molecule has 0 fully saturated rings. The van der Waals surface area contributed by atoms with E-state index in [4.69, 9.17) is 0 Å². The van der Waals surface area contributed by atoms with E-state index in [0.29, 0.717) is 6.54 Å². The van der Waals surface area contributed by atoms with E-state index in [1.807, 2.05) is 17.9 Å². The van der Waals surface area contributed by atoms with E-state index in [2.05, 4.69) is 55.3 Å². The summed E-state index contributed by atoms with van der Waals surface area (Å²) >= 11 is 0. The summed E-state index contributed by atoms with van der Waals surface area (Å²) < 4.78 is 3.71. The molecule has 0 radical (unpaired) electrons. The molecule has 2 rings (SSSR count). The summed E-state index contributed by atoms with van der Waals surface area (Å²) in [5, 5.41) is 16.2. The second-order valence-electron chi connectivity index (χ2n) is 6.29. The van der Waals surface area contributed by atoms with Crippen molar-refractivity contribution in [3.63, 3.8) is 0 Å².